The lowest BCUT2D eigenvalue weighted by Gasteiger charge is -2.26. The van der Waals surface area contributed by atoms with Crippen LogP contribution in [-0.2, 0) is 0 Å². The maximum absolute atomic E-state index is 10.1. The molecule has 0 bridgehead atoms. The van der Waals surface area contributed by atoms with Gasteiger partial charge in [-0.25, -0.2) is 4.63 Å². The first-order chi connectivity index (χ1) is 7.59. The molecule has 1 aromatic heterocycles. The molecule has 4 N–H and O–H groups in total. The third-order valence-electron chi connectivity index (χ3n) is 2.16. The normalized spacial score (nSPS) is 24.4. The van der Waals surface area contributed by atoms with Crippen molar-refractivity contribution in [2.75, 3.05) is 13.1 Å². The lowest BCUT2D eigenvalue weighted by atomic mass is 10.2. The van der Waals surface area contributed by atoms with Crippen molar-refractivity contribution in [1.82, 2.24) is 20.9 Å². The molecule has 90 valence electrons. The van der Waals surface area contributed by atoms with Crippen molar-refractivity contribution in [2.45, 2.75) is 25.9 Å². The summed E-state index contributed by atoms with van der Waals surface area (Å²) in [6.45, 7) is 6.61. The number of aromatic nitrogens is 2. The molecule has 1 aliphatic heterocycles. The highest BCUT2D eigenvalue weighted by Gasteiger charge is 2.10. The maximum atomic E-state index is 10.1. The molecule has 0 spiro atoms. The number of primary amides is 1. The second-order valence-corrected chi connectivity index (χ2v) is 3.78. The number of piperazine rings is 1. The number of hydrogen-bond acceptors (Lipinski definition) is 6. The summed E-state index contributed by atoms with van der Waals surface area (Å²) >= 11 is 0. The van der Waals surface area contributed by atoms with Crippen molar-refractivity contribution in [2.24, 2.45) is 5.73 Å². The van der Waals surface area contributed by atoms with Crippen molar-refractivity contribution < 1.29 is 9.42 Å². The summed E-state index contributed by atoms with van der Waals surface area (Å²) in [5.74, 6) is -0.633. The lowest BCUT2D eigenvalue weighted by Crippen LogP contribution is -2.51. The Morgan fingerprint density at radius 3 is 2.25 bits per heavy atom. The summed E-state index contributed by atoms with van der Waals surface area (Å²) in [5, 5.41) is 13.0. The van der Waals surface area contributed by atoms with Crippen molar-refractivity contribution in [3.63, 3.8) is 0 Å². The Morgan fingerprint density at radius 1 is 1.44 bits per heavy atom. The van der Waals surface area contributed by atoms with E-state index in [1.54, 1.807) is 0 Å². The molecule has 0 unspecified atom stereocenters. The van der Waals surface area contributed by atoms with Gasteiger partial charge in [0.05, 0.1) is 0 Å². The molecule has 0 aromatic carbocycles. The van der Waals surface area contributed by atoms with Crippen LogP contribution in [0, 0.1) is 0 Å². The minimum absolute atomic E-state index is 0.0463. The zero-order valence-corrected chi connectivity index (χ0v) is 9.43. The Bertz CT molecular complexity index is 296. The molecular weight excluding hydrogens is 210 g/mol. The molecule has 0 aliphatic carbocycles. The molecule has 0 saturated carbocycles. The van der Waals surface area contributed by atoms with Crippen molar-refractivity contribution in [1.29, 1.82) is 0 Å². The number of rotatable bonds is 1. The number of hydrogen-bond donors (Lipinski definition) is 3. The molecule has 7 nitrogen and oxygen atoms in total. The summed E-state index contributed by atoms with van der Waals surface area (Å²) in [7, 11) is 0. The van der Waals surface area contributed by atoms with E-state index in [4.69, 9.17) is 5.73 Å². The summed E-state index contributed by atoms with van der Waals surface area (Å²) < 4.78 is 4.07. The van der Waals surface area contributed by atoms with Crippen LogP contribution in [0.25, 0.3) is 0 Å². The topological polar surface area (TPSA) is 106 Å². The molecule has 0 radical (unpaired) electrons. The van der Waals surface area contributed by atoms with Gasteiger partial charge in [-0.2, -0.15) is 0 Å². The molecule has 2 heterocycles. The average molecular weight is 227 g/mol. The summed E-state index contributed by atoms with van der Waals surface area (Å²) in [5.41, 5.74) is 4.80. The van der Waals surface area contributed by atoms with Gasteiger partial charge >= 0.3 is 0 Å². The van der Waals surface area contributed by atoms with E-state index in [0.717, 1.165) is 19.3 Å². The van der Waals surface area contributed by atoms with Gasteiger partial charge in [0, 0.05) is 25.2 Å². The molecule has 2 atom stereocenters. The molecule has 7 heteroatoms. The van der Waals surface area contributed by atoms with Crippen LogP contribution in [-0.4, -0.2) is 41.4 Å². The minimum atomic E-state index is -0.633. The first kappa shape index (κ1) is 12.6. The van der Waals surface area contributed by atoms with Crippen molar-refractivity contribution >= 4 is 5.91 Å². The molecule has 1 aliphatic rings. The third kappa shape index (κ3) is 4.37. The predicted octanol–water partition coefficient (Wildman–Crippen LogP) is -0.875. The largest absolute Gasteiger partial charge is 0.364 e. The number of carbonyl (C=O) groups is 1. The van der Waals surface area contributed by atoms with E-state index in [0.29, 0.717) is 12.1 Å². The van der Waals surface area contributed by atoms with Gasteiger partial charge < -0.3 is 16.4 Å². The summed E-state index contributed by atoms with van der Waals surface area (Å²) in [6.07, 6.45) is 1.16. The van der Waals surface area contributed by atoms with E-state index < -0.39 is 5.91 Å². The van der Waals surface area contributed by atoms with Gasteiger partial charge in [0.1, 0.15) is 6.20 Å². The first-order valence-corrected chi connectivity index (χ1v) is 5.13. The number of amides is 1. The van der Waals surface area contributed by atoms with Gasteiger partial charge in [-0.3, -0.25) is 4.79 Å². The number of nitrogens with two attached hydrogens (primary N) is 1. The smallest absolute Gasteiger partial charge is 0.272 e. The fourth-order valence-electron chi connectivity index (χ4n) is 1.17. The Morgan fingerprint density at radius 2 is 2.00 bits per heavy atom. The fourth-order valence-corrected chi connectivity index (χ4v) is 1.17. The zero-order valence-electron chi connectivity index (χ0n) is 9.43. The Balaban J connectivity index is 0.000000160. The lowest BCUT2D eigenvalue weighted by molar-refractivity contribution is 0.0991. The Kier molecular flexibility index (Phi) is 4.87. The monoisotopic (exact) mass is 227 g/mol. The van der Waals surface area contributed by atoms with Crippen molar-refractivity contribution in [3.8, 4) is 0 Å². The highest BCUT2D eigenvalue weighted by molar-refractivity contribution is 5.90. The number of nitrogens with one attached hydrogen (secondary N) is 2. The maximum Gasteiger partial charge on any atom is 0.272 e. The molecule has 16 heavy (non-hydrogen) atoms. The second-order valence-electron chi connectivity index (χ2n) is 3.78. The van der Waals surface area contributed by atoms with Crippen LogP contribution in [0.5, 0.6) is 0 Å². The van der Waals surface area contributed by atoms with E-state index in [1.165, 1.54) is 0 Å². The quantitative estimate of drug-likeness (QED) is 0.575. The molecule has 2 rings (SSSR count). The Hall–Kier alpha value is -1.47. The standard InChI is InChI=1S/C6H14N2.C3H3N3O2/c1-5-3-8-6(2)4-7-5;4-3(7)2-1-5-8-6-2/h5-8H,3-4H2,1-2H3;1H,(H2,4,7)/t5-,6+;. The number of nitrogens with zero attached hydrogens (tertiary/aromatic N) is 2. The van der Waals surface area contributed by atoms with E-state index in [-0.39, 0.29) is 5.69 Å². The summed E-state index contributed by atoms with van der Waals surface area (Å²) in [6, 6.07) is 1.32. The number of carbonyl (C=O) groups excluding carboxylic acids is 1. The van der Waals surface area contributed by atoms with Gasteiger partial charge in [-0.1, -0.05) is 5.16 Å². The zero-order chi connectivity index (χ0) is 12.0. The van der Waals surface area contributed by atoms with E-state index >= 15 is 0 Å². The molecule has 1 aromatic rings. The first-order valence-electron chi connectivity index (χ1n) is 5.13. The second kappa shape index (κ2) is 6.19. The van der Waals surface area contributed by atoms with E-state index in [1.807, 2.05) is 0 Å². The van der Waals surface area contributed by atoms with E-state index in [2.05, 4.69) is 39.4 Å². The average Bonchev–Trinajstić information content (AvgIpc) is 2.77. The molecule has 1 saturated heterocycles. The SMILES string of the molecule is C[C@@H]1CN[C@@H](C)CN1.NC(=O)c1cnon1. The van der Waals surface area contributed by atoms with Crippen LogP contribution in [0.15, 0.2) is 10.8 Å². The van der Waals surface area contributed by atoms with Crippen LogP contribution in [0.1, 0.15) is 24.3 Å². The van der Waals surface area contributed by atoms with Gasteiger partial charge in [-0.05, 0) is 19.0 Å². The van der Waals surface area contributed by atoms with E-state index in [9.17, 15) is 4.79 Å². The van der Waals surface area contributed by atoms with Gasteiger partial charge in [0.2, 0.25) is 0 Å². The predicted molar refractivity (Wildman–Crippen MR) is 57.7 cm³/mol. The van der Waals surface area contributed by atoms with Crippen LogP contribution in [0.2, 0.25) is 0 Å². The van der Waals surface area contributed by atoms with Crippen LogP contribution in [0.3, 0.4) is 0 Å². The summed E-state index contributed by atoms with van der Waals surface area (Å²) in [4.78, 5) is 10.1. The minimum Gasteiger partial charge on any atom is -0.364 e. The van der Waals surface area contributed by atoms with Crippen LogP contribution >= 0.6 is 0 Å². The van der Waals surface area contributed by atoms with Gasteiger partial charge in [0.25, 0.3) is 5.91 Å². The van der Waals surface area contributed by atoms with Crippen LogP contribution < -0.4 is 16.4 Å². The Labute approximate surface area is 93.7 Å². The highest BCUT2D eigenvalue weighted by Crippen LogP contribution is 1.89. The van der Waals surface area contributed by atoms with Gasteiger partial charge in [-0.15, -0.1) is 0 Å². The molecular formula is C9H17N5O2. The third-order valence-corrected chi connectivity index (χ3v) is 2.16. The van der Waals surface area contributed by atoms with Gasteiger partial charge in [0.15, 0.2) is 5.69 Å². The molecule has 1 fully saturated rings. The molecule has 1 amide bonds. The highest BCUT2D eigenvalue weighted by atomic mass is 16.6. The van der Waals surface area contributed by atoms with Crippen LogP contribution in [0.4, 0.5) is 0 Å². The fraction of sp³-hybridized carbons (Fsp3) is 0.667. The van der Waals surface area contributed by atoms with Crippen molar-refractivity contribution in [3.05, 3.63) is 11.9 Å².